The first-order valence-corrected chi connectivity index (χ1v) is 35.2. The summed E-state index contributed by atoms with van der Waals surface area (Å²) < 4.78 is 0.923. The quantitative estimate of drug-likeness (QED) is 0.0296. The van der Waals surface area contributed by atoms with E-state index in [1.54, 1.807) is 0 Å². The van der Waals surface area contributed by atoms with E-state index in [0.717, 1.165) is 24.2 Å². The second-order valence-electron chi connectivity index (χ2n) is 23.3. The van der Waals surface area contributed by atoms with Crippen LogP contribution >= 0.6 is 24.4 Å². The number of rotatable bonds is 54. The summed E-state index contributed by atoms with van der Waals surface area (Å²) in [5, 5.41) is 6.60. The Morgan fingerprint density at radius 3 is 0.662 bits per heavy atom. The van der Waals surface area contributed by atoms with Gasteiger partial charge in [-0.2, -0.15) is 0 Å². The van der Waals surface area contributed by atoms with Crippen LogP contribution in [0.4, 0.5) is 11.4 Å². The van der Waals surface area contributed by atoms with E-state index in [0.29, 0.717) is 8.64 Å². The van der Waals surface area contributed by atoms with Crippen molar-refractivity contribution in [2.45, 2.75) is 362 Å². The molecule has 2 aromatic rings. The normalized spacial score (nSPS) is 11.1. The summed E-state index contributed by atoms with van der Waals surface area (Å²) in [5.74, 6) is 0. The van der Waals surface area contributed by atoms with Crippen molar-refractivity contribution >= 4 is 69.7 Å². The largest absolute Gasteiger partial charge is 2.00 e. The molecule has 440 valence electrons. The molecule has 0 aromatic heterocycles. The Morgan fingerprint density at radius 2 is 0.468 bits per heavy atom. The fourth-order valence-corrected chi connectivity index (χ4v) is 11.8. The van der Waals surface area contributed by atoms with Gasteiger partial charge in [0.15, 0.2) is 0 Å². The van der Waals surface area contributed by atoms with Gasteiger partial charge in [0.2, 0.25) is 0 Å². The molecule has 2 aromatic carbocycles. The van der Waals surface area contributed by atoms with Crippen molar-refractivity contribution in [2.24, 2.45) is 0 Å². The number of unbranched alkanes of at least 4 members (excludes halogenated alkanes) is 44. The van der Waals surface area contributed by atoms with Crippen LogP contribution in [-0.4, -0.2) is 8.64 Å². The molecule has 0 radical (unpaired) electrons. The Labute approximate surface area is 516 Å². The topological polar surface area (TPSA) is 24.1 Å². The van der Waals surface area contributed by atoms with E-state index in [1.807, 2.05) is 0 Å². The molecule has 0 bridgehead atoms. The van der Waals surface area contributed by atoms with Crippen molar-refractivity contribution in [3.05, 3.63) is 58.7 Å². The van der Waals surface area contributed by atoms with Gasteiger partial charge in [-0.3, -0.25) is 0 Å². The molecule has 2 N–H and O–H groups in total. The van der Waals surface area contributed by atoms with Gasteiger partial charge in [-0.1, -0.05) is 343 Å². The molecule has 0 aliphatic rings. The predicted octanol–water partition coefficient (Wildman–Crippen LogP) is 24.8. The summed E-state index contributed by atoms with van der Waals surface area (Å²) in [6.07, 6.45) is 71.8. The molecule has 0 aliphatic heterocycles. The van der Waals surface area contributed by atoms with Crippen LogP contribution in [0, 0.1) is 0 Å². The number of benzene rings is 2. The zero-order valence-electron chi connectivity index (χ0n) is 51.6. The van der Waals surface area contributed by atoms with Crippen LogP contribution < -0.4 is 10.6 Å². The standard InChI is InChI=1S/2C35H63NS2.Zn/c2*1-3-5-7-9-11-13-15-17-19-21-23-25-28-32-29-27-31-34(36-35(37)38)33(32)30-26-24-22-20-18-16-14-12-10-8-6-4-2;/h2*27,29,31H,3-26,28,30H2,1-2H3,(H2,36,37,38);/q;;+2/p-2. The summed E-state index contributed by atoms with van der Waals surface area (Å²) in [6.45, 7) is 9.18. The molecular weight excluding hydrogens is 1060 g/mol. The Bertz CT molecular complexity index is 1470. The monoisotopic (exact) mass is 1180 g/mol. The van der Waals surface area contributed by atoms with Crippen molar-refractivity contribution in [3.8, 4) is 0 Å². The van der Waals surface area contributed by atoms with E-state index in [-0.39, 0.29) is 19.5 Å². The van der Waals surface area contributed by atoms with Gasteiger partial charge < -0.3 is 60.3 Å². The molecule has 0 spiro atoms. The van der Waals surface area contributed by atoms with Crippen molar-refractivity contribution in [2.75, 3.05) is 10.6 Å². The minimum atomic E-state index is 0. The first kappa shape index (κ1) is 76.3. The molecule has 0 saturated carbocycles. The minimum Gasteiger partial charge on any atom is -0.411 e. The molecule has 0 atom stereocenters. The van der Waals surface area contributed by atoms with Crippen LogP contribution in [0.15, 0.2) is 36.4 Å². The molecule has 77 heavy (non-hydrogen) atoms. The van der Waals surface area contributed by atoms with Crippen molar-refractivity contribution in [1.29, 1.82) is 0 Å². The molecule has 2 rings (SSSR count). The summed E-state index contributed by atoms with van der Waals surface area (Å²) in [4.78, 5) is 0. The van der Waals surface area contributed by atoms with Crippen LogP contribution in [0.2, 0.25) is 0 Å². The molecule has 0 aliphatic carbocycles. The number of hydrogen-bond acceptors (Lipinski definition) is 4. The fourth-order valence-electron chi connectivity index (χ4n) is 11.4. The molecule has 0 saturated heterocycles. The maximum absolute atomic E-state index is 5.21. The Morgan fingerprint density at radius 1 is 0.286 bits per heavy atom. The van der Waals surface area contributed by atoms with Gasteiger partial charge in [-0.15, -0.1) is 0 Å². The second kappa shape index (κ2) is 59.9. The number of aryl methyl sites for hydroxylation is 2. The SMILES string of the molecule is CCCCCCCCCCCCCCc1cccc(NC(=S)[S-])c1CCCCCCCCCCCCCC.CCCCCCCCCCCCCCc1cccc(NC(=S)[S-])c1CCCCCCCCCCCCCC.[Zn+2]. The van der Waals surface area contributed by atoms with Crippen molar-refractivity contribution in [3.63, 3.8) is 0 Å². The average Bonchev–Trinajstić information content (AvgIpc) is 3.40. The predicted molar refractivity (Wildman–Crippen MR) is 359 cm³/mol. The zero-order valence-corrected chi connectivity index (χ0v) is 57.8. The van der Waals surface area contributed by atoms with Gasteiger partial charge in [0.25, 0.3) is 0 Å². The molecule has 0 heterocycles. The molecule has 0 fully saturated rings. The van der Waals surface area contributed by atoms with Crippen molar-refractivity contribution < 1.29 is 19.5 Å². The zero-order chi connectivity index (χ0) is 55.0. The van der Waals surface area contributed by atoms with Crippen LogP contribution in [0.25, 0.3) is 0 Å². The second-order valence-corrected chi connectivity index (χ2v) is 25.4. The summed E-state index contributed by atoms with van der Waals surface area (Å²) >= 11 is 20.8. The van der Waals surface area contributed by atoms with Gasteiger partial charge in [0.05, 0.1) is 0 Å². The first-order valence-electron chi connectivity index (χ1n) is 33.5. The van der Waals surface area contributed by atoms with Gasteiger partial charge in [0.1, 0.15) is 0 Å². The van der Waals surface area contributed by atoms with E-state index >= 15 is 0 Å². The van der Waals surface area contributed by atoms with Crippen LogP contribution in [0.1, 0.15) is 358 Å². The molecule has 2 nitrogen and oxygen atoms in total. The number of hydrogen-bond donors (Lipinski definition) is 2. The van der Waals surface area contributed by atoms with E-state index in [1.165, 1.54) is 343 Å². The third kappa shape index (κ3) is 48.5. The fraction of sp³-hybridized carbons (Fsp3) is 0.800. The Balaban J connectivity index is 0.00000148. The molecular formula is C70H124N2S4Zn. The smallest absolute Gasteiger partial charge is 0.411 e. The van der Waals surface area contributed by atoms with Gasteiger partial charge >= 0.3 is 19.5 Å². The molecule has 7 heteroatoms. The first-order chi connectivity index (χ1) is 37.4. The Hall–Kier alpha value is -0.717. The maximum atomic E-state index is 5.21. The average molecular weight is 1190 g/mol. The van der Waals surface area contributed by atoms with E-state index in [2.05, 4.69) is 74.7 Å². The number of nitrogens with one attached hydrogen (secondary N) is 2. The number of thiocarbonyl (C=S) groups is 2. The molecule has 0 amide bonds. The van der Waals surface area contributed by atoms with Crippen LogP contribution in [0.5, 0.6) is 0 Å². The molecule has 0 unspecified atom stereocenters. The summed E-state index contributed by atoms with van der Waals surface area (Å²) in [7, 11) is 0. The van der Waals surface area contributed by atoms with Crippen LogP contribution in [-0.2, 0) is 70.4 Å². The van der Waals surface area contributed by atoms with E-state index in [4.69, 9.17) is 49.7 Å². The van der Waals surface area contributed by atoms with E-state index < -0.39 is 0 Å². The summed E-state index contributed by atoms with van der Waals surface area (Å²) in [6, 6.07) is 13.4. The van der Waals surface area contributed by atoms with Gasteiger partial charge in [-0.05, 0) is 85.8 Å². The number of anilines is 2. The minimum absolute atomic E-state index is 0. The Kier molecular flexibility index (Phi) is 59.3. The van der Waals surface area contributed by atoms with Gasteiger partial charge in [-0.25, -0.2) is 0 Å². The maximum Gasteiger partial charge on any atom is 2.00 e. The van der Waals surface area contributed by atoms with Gasteiger partial charge in [0, 0.05) is 11.4 Å². The summed E-state index contributed by atoms with van der Waals surface area (Å²) in [5.41, 5.74) is 8.27. The van der Waals surface area contributed by atoms with Crippen molar-refractivity contribution in [1.82, 2.24) is 0 Å². The van der Waals surface area contributed by atoms with E-state index in [9.17, 15) is 0 Å². The van der Waals surface area contributed by atoms with Crippen LogP contribution in [0.3, 0.4) is 0 Å². The third-order valence-corrected chi connectivity index (χ3v) is 16.6. The third-order valence-electron chi connectivity index (χ3n) is 16.2.